The third-order valence-corrected chi connectivity index (χ3v) is 4.02. The molecule has 1 aliphatic heterocycles. The van der Waals surface area contributed by atoms with Crippen molar-refractivity contribution in [2.45, 2.75) is 13.2 Å². The normalized spacial score (nSPS) is 13.3. The van der Waals surface area contributed by atoms with Gasteiger partial charge in [0.05, 0.1) is 13.2 Å². The quantitative estimate of drug-likeness (QED) is 0.658. The molecule has 2 nitrogen and oxygen atoms in total. The summed E-state index contributed by atoms with van der Waals surface area (Å²) in [5, 5.41) is 2.11. The lowest BCUT2D eigenvalue weighted by atomic mass is 9.90. The van der Waals surface area contributed by atoms with Crippen molar-refractivity contribution in [2.75, 3.05) is 0 Å². The first-order chi connectivity index (χ1) is 10.3. The maximum atomic E-state index is 13.0. The maximum Gasteiger partial charge on any atom is 0.194 e. The van der Waals surface area contributed by atoms with E-state index in [2.05, 4.69) is 12.1 Å². The number of benzene rings is 3. The van der Waals surface area contributed by atoms with E-state index in [0.29, 0.717) is 13.2 Å². The van der Waals surface area contributed by atoms with Gasteiger partial charge in [0.2, 0.25) is 0 Å². The topological polar surface area (TPSA) is 26.3 Å². The van der Waals surface area contributed by atoms with Crippen molar-refractivity contribution >= 4 is 16.6 Å². The summed E-state index contributed by atoms with van der Waals surface area (Å²) in [5.74, 6) is 0.0779. The highest BCUT2D eigenvalue weighted by molar-refractivity contribution is 6.17. The number of ketones is 1. The number of ether oxygens (including phenoxy) is 1. The average Bonchev–Trinajstić information content (AvgIpc) is 3.00. The molecule has 0 aromatic heterocycles. The highest BCUT2D eigenvalue weighted by Gasteiger charge is 2.23. The van der Waals surface area contributed by atoms with Gasteiger partial charge in [-0.25, -0.2) is 0 Å². The summed E-state index contributed by atoms with van der Waals surface area (Å²) in [7, 11) is 0. The van der Waals surface area contributed by atoms with E-state index < -0.39 is 0 Å². The van der Waals surface area contributed by atoms with Crippen molar-refractivity contribution in [3.63, 3.8) is 0 Å². The first-order valence-electron chi connectivity index (χ1n) is 7.05. The Balaban J connectivity index is 2.01. The van der Waals surface area contributed by atoms with Crippen LogP contribution in [0.1, 0.15) is 27.0 Å². The highest BCUT2D eigenvalue weighted by atomic mass is 16.5. The Morgan fingerprint density at radius 3 is 2.52 bits per heavy atom. The molecule has 4 rings (SSSR count). The van der Waals surface area contributed by atoms with Crippen LogP contribution in [0.25, 0.3) is 10.8 Å². The fourth-order valence-corrected chi connectivity index (χ4v) is 3.00. The average molecular weight is 274 g/mol. The molecule has 0 aliphatic carbocycles. The fraction of sp³-hybridized carbons (Fsp3) is 0.105. The SMILES string of the molecule is O=C(c1ccccc1)c1c2c(cc3ccccc13)COC2. The molecule has 3 aromatic carbocycles. The molecule has 0 saturated carbocycles. The van der Waals surface area contributed by atoms with Gasteiger partial charge >= 0.3 is 0 Å². The fourth-order valence-electron chi connectivity index (χ4n) is 3.00. The van der Waals surface area contributed by atoms with Crippen LogP contribution in [-0.4, -0.2) is 5.78 Å². The number of carbonyl (C=O) groups is 1. The Morgan fingerprint density at radius 2 is 1.67 bits per heavy atom. The summed E-state index contributed by atoms with van der Waals surface area (Å²) in [5.41, 5.74) is 3.70. The Kier molecular flexibility index (Phi) is 2.83. The van der Waals surface area contributed by atoms with E-state index in [4.69, 9.17) is 4.74 Å². The molecule has 0 amide bonds. The van der Waals surface area contributed by atoms with Gasteiger partial charge in [-0.1, -0.05) is 54.6 Å². The van der Waals surface area contributed by atoms with E-state index in [9.17, 15) is 4.79 Å². The molecule has 0 radical (unpaired) electrons. The van der Waals surface area contributed by atoms with Gasteiger partial charge in [-0.2, -0.15) is 0 Å². The van der Waals surface area contributed by atoms with Crippen LogP contribution in [0.4, 0.5) is 0 Å². The van der Waals surface area contributed by atoms with E-state index in [1.165, 1.54) is 0 Å². The molecule has 1 heterocycles. The van der Waals surface area contributed by atoms with Gasteiger partial charge in [0.1, 0.15) is 0 Å². The van der Waals surface area contributed by atoms with Gasteiger partial charge < -0.3 is 4.74 Å². The second kappa shape index (κ2) is 4.83. The number of hydrogen-bond acceptors (Lipinski definition) is 2. The van der Waals surface area contributed by atoms with Crippen LogP contribution in [0, 0.1) is 0 Å². The van der Waals surface area contributed by atoms with E-state index in [1.807, 2.05) is 48.5 Å². The van der Waals surface area contributed by atoms with Crippen LogP contribution >= 0.6 is 0 Å². The smallest absolute Gasteiger partial charge is 0.194 e. The van der Waals surface area contributed by atoms with Gasteiger partial charge in [0.15, 0.2) is 5.78 Å². The van der Waals surface area contributed by atoms with Crippen LogP contribution in [0.5, 0.6) is 0 Å². The third-order valence-electron chi connectivity index (χ3n) is 4.02. The van der Waals surface area contributed by atoms with Crippen molar-refractivity contribution in [3.05, 3.63) is 82.9 Å². The first kappa shape index (κ1) is 12.3. The molecule has 0 atom stereocenters. The lowest BCUT2D eigenvalue weighted by Gasteiger charge is -2.11. The van der Waals surface area contributed by atoms with Crippen LogP contribution in [0.15, 0.2) is 60.7 Å². The minimum Gasteiger partial charge on any atom is -0.372 e. The van der Waals surface area contributed by atoms with Gasteiger partial charge in [-0.15, -0.1) is 0 Å². The van der Waals surface area contributed by atoms with E-state index in [0.717, 1.165) is 33.0 Å². The largest absolute Gasteiger partial charge is 0.372 e. The van der Waals surface area contributed by atoms with Gasteiger partial charge in [0, 0.05) is 11.1 Å². The standard InChI is InChI=1S/C19H14O2/c20-19(13-6-2-1-3-7-13)18-16-9-5-4-8-14(16)10-15-11-21-12-17(15)18/h1-10H,11-12H2. The molecule has 2 heteroatoms. The monoisotopic (exact) mass is 274 g/mol. The molecule has 1 aliphatic rings. The summed E-state index contributed by atoms with van der Waals surface area (Å²) < 4.78 is 5.56. The second-order valence-electron chi connectivity index (χ2n) is 5.30. The second-order valence-corrected chi connectivity index (χ2v) is 5.30. The number of fused-ring (bicyclic) bond motifs is 2. The summed E-state index contributed by atoms with van der Waals surface area (Å²) >= 11 is 0. The maximum absolute atomic E-state index is 13.0. The van der Waals surface area contributed by atoms with Crippen LogP contribution in [0.3, 0.4) is 0 Å². The molecular weight excluding hydrogens is 260 g/mol. The first-order valence-corrected chi connectivity index (χ1v) is 7.05. The zero-order chi connectivity index (χ0) is 14.2. The highest BCUT2D eigenvalue weighted by Crippen LogP contribution is 2.32. The molecule has 0 spiro atoms. The van der Waals surface area contributed by atoms with Crippen molar-refractivity contribution in [1.82, 2.24) is 0 Å². The molecule has 0 unspecified atom stereocenters. The van der Waals surface area contributed by atoms with E-state index in [1.54, 1.807) is 0 Å². The zero-order valence-corrected chi connectivity index (χ0v) is 11.5. The number of hydrogen-bond donors (Lipinski definition) is 0. The molecule has 102 valence electrons. The predicted octanol–water partition coefficient (Wildman–Crippen LogP) is 4.10. The molecule has 0 saturated heterocycles. The van der Waals surface area contributed by atoms with Crippen molar-refractivity contribution in [2.24, 2.45) is 0 Å². The minimum atomic E-state index is 0.0779. The Hall–Kier alpha value is -2.45. The van der Waals surface area contributed by atoms with E-state index >= 15 is 0 Å². The van der Waals surface area contributed by atoms with Crippen molar-refractivity contribution in [3.8, 4) is 0 Å². The van der Waals surface area contributed by atoms with Crippen LogP contribution < -0.4 is 0 Å². The summed E-state index contributed by atoms with van der Waals surface area (Å²) in [4.78, 5) is 13.0. The number of carbonyl (C=O) groups excluding carboxylic acids is 1. The summed E-state index contributed by atoms with van der Waals surface area (Å²) in [6.45, 7) is 1.11. The molecule has 0 N–H and O–H groups in total. The lowest BCUT2D eigenvalue weighted by molar-refractivity contribution is 0.103. The molecule has 0 fully saturated rings. The molecular formula is C19H14O2. The zero-order valence-electron chi connectivity index (χ0n) is 11.5. The van der Waals surface area contributed by atoms with Crippen LogP contribution in [-0.2, 0) is 18.0 Å². The molecule has 21 heavy (non-hydrogen) atoms. The lowest BCUT2D eigenvalue weighted by Crippen LogP contribution is -2.06. The van der Waals surface area contributed by atoms with Crippen molar-refractivity contribution < 1.29 is 9.53 Å². The Morgan fingerprint density at radius 1 is 0.905 bits per heavy atom. The van der Waals surface area contributed by atoms with Gasteiger partial charge in [-0.05, 0) is 28.0 Å². The summed E-state index contributed by atoms with van der Waals surface area (Å²) in [6, 6.07) is 19.6. The Bertz CT molecular complexity index is 835. The van der Waals surface area contributed by atoms with Crippen molar-refractivity contribution in [1.29, 1.82) is 0 Å². The molecule has 0 bridgehead atoms. The van der Waals surface area contributed by atoms with Gasteiger partial charge in [0.25, 0.3) is 0 Å². The van der Waals surface area contributed by atoms with Gasteiger partial charge in [-0.3, -0.25) is 4.79 Å². The molecule has 3 aromatic rings. The third kappa shape index (κ3) is 1.96. The predicted molar refractivity (Wildman–Crippen MR) is 82.3 cm³/mol. The number of rotatable bonds is 2. The Labute approximate surface area is 123 Å². The minimum absolute atomic E-state index is 0.0779. The van der Waals surface area contributed by atoms with Crippen LogP contribution in [0.2, 0.25) is 0 Å². The van der Waals surface area contributed by atoms with E-state index in [-0.39, 0.29) is 5.78 Å². The summed E-state index contributed by atoms with van der Waals surface area (Å²) in [6.07, 6.45) is 0.